The minimum absolute atomic E-state index is 0.0566. The molecule has 0 N–H and O–H groups in total. The van der Waals surface area contributed by atoms with Crippen molar-refractivity contribution in [1.29, 1.82) is 0 Å². The second kappa shape index (κ2) is 7.23. The van der Waals surface area contributed by atoms with Gasteiger partial charge in [0.2, 0.25) is 0 Å². The molecule has 0 aromatic heterocycles. The van der Waals surface area contributed by atoms with E-state index in [9.17, 15) is 0 Å². The van der Waals surface area contributed by atoms with Crippen molar-refractivity contribution < 1.29 is 4.74 Å². The Balaban J connectivity index is 1.53. The van der Waals surface area contributed by atoms with Crippen LogP contribution in [0.5, 0.6) is 5.75 Å². The van der Waals surface area contributed by atoms with E-state index >= 15 is 0 Å². The van der Waals surface area contributed by atoms with Crippen molar-refractivity contribution in [2.24, 2.45) is 0 Å². The van der Waals surface area contributed by atoms with E-state index in [0.29, 0.717) is 0 Å². The van der Waals surface area contributed by atoms with Gasteiger partial charge in [0.1, 0.15) is 11.9 Å². The predicted octanol–water partition coefficient (Wildman–Crippen LogP) is 7.13. The second-order valence-electron chi connectivity index (χ2n) is 7.66. The summed E-state index contributed by atoms with van der Waals surface area (Å²) in [5.74, 6) is 0.992. The quantitative estimate of drug-likeness (QED) is 0.351. The number of rotatable bonds is 2. The Morgan fingerprint density at radius 2 is 1.37 bits per heavy atom. The fourth-order valence-corrected chi connectivity index (χ4v) is 5.85. The number of hydrogen-bond donors (Lipinski definition) is 0. The van der Waals surface area contributed by atoms with E-state index < -0.39 is 0 Å². The van der Waals surface area contributed by atoms with Gasteiger partial charge in [0.05, 0.1) is 10.1 Å². The summed E-state index contributed by atoms with van der Waals surface area (Å²) in [7, 11) is 0. The predicted molar refractivity (Wildman–Crippen MR) is 126 cm³/mol. The fraction of sp³-hybridized carbons (Fsp3) is 0.0714. The molecule has 4 aromatic carbocycles. The van der Waals surface area contributed by atoms with Gasteiger partial charge >= 0.3 is 0 Å². The summed E-state index contributed by atoms with van der Waals surface area (Å²) in [6, 6.07) is 34.3. The van der Waals surface area contributed by atoms with Crippen LogP contribution in [0.1, 0.15) is 11.1 Å². The van der Waals surface area contributed by atoms with Crippen LogP contribution in [-0.2, 0) is 0 Å². The van der Waals surface area contributed by atoms with Gasteiger partial charge in [-0.05, 0) is 45.2 Å². The highest BCUT2D eigenvalue weighted by Gasteiger charge is 2.37. The topological polar surface area (TPSA) is 9.23 Å². The van der Waals surface area contributed by atoms with E-state index in [1.807, 2.05) is 11.8 Å². The van der Waals surface area contributed by atoms with Gasteiger partial charge in [0.25, 0.3) is 0 Å². The molecule has 0 saturated carbocycles. The molecule has 0 unspecified atom stereocenters. The van der Waals surface area contributed by atoms with Crippen molar-refractivity contribution in [3.8, 4) is 5.75 Å². The molecule has 30 heavy (non-hydrogen) atoms. The number of benzene rings is 4. The largest absolute Gasteiger partial charge is 0.484 e. The highest BCUT2D eigenvalue weighted by molar-refractivity contribution is 8.00. The number of ether oxygens (including phenoxy) is 1. The molecule has 0 bridgehead atoms. The standard InChI is InChI=1S/C28H20OS/c1-3-10-20(11-4-1)26(21-12-5-2-6-13-21)23-16-18-25-28(23)30-27-22-14-8-7-9-19(22)15-17-24(27)29-25/h1-18,25,28H/t25-,28+/m1/s1. The third kappa shape index (κ3) is 2.88. The summed E-state index contributed by atoms with van der Waals surface area (Å²) < 4.78 is 6.47. The summed E-state index contributed by atoms with van der Waals surface area (Å²) in [6.45, 7) is 0. The summed E-state index contributed by atoms with van der Waals surface area (Å²) in [4.78, 5) is 1.25. The van der Waals surface area contributed by atoms with Crippen LogP contribution in [0.15, 0.2) is 120 Å². The van der Waals surface area contributed by atoms with Gasteiger partial charge in [-0.3, -0.25) is 0 Å². The monoisotopic (exact) mass is 404 g/mol. The van der Waals surface area contributed by atoms with Crippen molar-refractivity contribution in [2.75, 3.05) is 0 Å². The maximum atomic E-state index is 6.47. The van der Waals surface area contributed by atoms with E-state index in [-0.39, 0.29) is 11.4 Å². The van der Waals surface area contributed by atoms with E-state index in [2.05, 4.69) is 109 Å². The van der Waals surface area contributed by atoms with Crippen LogP contribution in [0.2, 0.25) is 0 Å². The molecule has 0 spiro atoms. The van der Waals surface area contributed by atoms with Gasteiger partial charge < -0.3 is 4.74 Å². The maximum Gasteiger partial charge on any atom is 0.134 e. The Morgan fingerprint density at radius 3 is 2.10 bits per heavy atom. The summed E-state index contributed by atoms with van der Waals surface area (Å²) in [5, 5.41) is 2.76. The summed E-state index contributed by atoms with van der Waals surface area (Å²) in [6.07, 6.45) is 4.55. The van der Waals surface area contributed by atoms with Crippen molar-refractivity contribution in [2.45, 2.75) is 16.2 Å². The Hall–Kier alpha value is -3.23. The molecule has 4 aromatic rings. The van der Waals surface area contributed by atoms with Crippen LogP contribution in [0.25, 0.3) is 16.3 Å². The molecule has 1 nitrogen and oxygen atoms in total. The molecule has 1 heterocycles. The molecule has 144 valence electrons. The van der Waals surface area contributed by atoms with Gasteiger partial charge in [-0.15, -0.1) is 11.8 Å². The van der Waals surface area contributed by atoms with Crippen LogP contribution in [0, 0.1) is 0 Å². The van der Waals surface area contributed by atoms with Gasteiger partial charge in [0, 0.05) is 0 Å². The molecule has 0 amide bonds. The first-order chi connectivity index (χ1) is 14.9. The van der Waals surface area contributed by atoms with E-state index in [4.69, 9.17) is 4.74 Å². The van der Waals surface area contributed by atoms with Crippen molar-refractivity contribution >= 4 is 28.1 Å². The zero-order valence-electron chi connectivity index (χ0n) is 16.4. The van der Waals surface area contributed by atoms with E-state index in [1.165, 1.54) is 37.9 Å². The highest BCUT2D eigenvalue weighted by atomic mass is 32.2. The van der Waals surface area contributed by atoms with Crippen LogP contribution in [0.3, 0.4) is 0 Å². The first kappa shape index (κ1) is 17.6. The zero-order chi connectivity index (χ0) is 19.9. The molecule has 2 atom stereocenters. The number of hydrogen-bond acceptors (Lipinski definition) is 2. The molecule has 2 heteroatoms. The Labute approximate surface area is 180 Å². The van der Waals surface area contributed by atoms with Crippen LogP contribution >= 0.6 is 11.8 Å². The molecule has 1 aliphatic heterocycles. The van der Waals surface area contributed by atoms with Crippen molar-refractivity contribution in [3.05, 3.63) is 126 Å². The molecule has 6 rings (SSSR count). The average Bonchev–Trinajstić information content (AvgIpc) is 3.22. The third-order valence-corrected chi connectivity index (χ3v) is 7.27. The normalized spacial score (nSPS) is 19.3. The van der Waals surface area contributed by atoms with E-state index in [0.717, 1.165) is 5.75 Å². The lowest BCUT2D eigenvalue weighted by atomic mass is 9.92. The first-order valence-electron chi connectivity index (χ1n) is 10.3. The average molecular weight is 405 g/mol. The lowest BCUT2D eigenvalue weighted by molar-refractivity contribution is 0.249. The molecule has 2 aliphatic rings. The van der Waals surface area contributed by atoms with Gasteiger partial charge in [-0.2, -0.15) is 0 Å². The molecular formula is C28H20OS. The van der Waals surface area contributed by atoms with Gasteiger partial charge in [0.15, 0.2) is 0 Å². The van der Waals surface area contributed by atoms with Crippen LogP contribution in [0.4, 0.5) is 0 Å². The van der Waals surface area contributed by atoms with Crippen molar-refractivity contribution in [3.63, 3.8) is 0 Å². The number of thioether (sulfide) groups is 1. The van der Waals surface area contributed by atoms with Crippen LogP contribution in [-0.4, -0.2) is 11.4 Å². The maximum absolute atomic E-state index is 6.47. The minimum Gasteiger partial charge on any atom is -0.484 e. The molecular weight excluding hydrogens is 384 g/mol. The smallest absolute Gasteiger partial charge is 0.134 e. The van der Waals surface area contributed by atoms with Gasteiger partial charge in [-0.25, -0.2) is 0 Å². The van der Waals surface area contributed by atoms with Crippen LogP contribution < -0.4 is 4.74 Å². The number of allylic oxidation sites excluding steroid dienone is 1. The first-order valence-corrected chi connectivity index (χ1v) is 11.1. The second-order valence-corrected chi connectivity index (χ2v) is 8.81. The molecule has 0 fully saturated rings. The Bertz CT molecular complexity index is 1250. The summed E-state index contributed by atoms with van der Waals surface area (Å²) in [5.41, 5.74) is 5.11. The molecule has 0 radical (unpaired) electrons. The Morgan fingerprint density at radius 1 is 0.700 bits per heavy atom. The summed E-state index contributed by atoms with van der Waals surface area (Å²) >= 11 is 1.94. The fourth-order valence-electron chi connectivity index (χ4n) is 4.45. The molecule has 0 saturated heterocycles. The number of fused-ring (bicyclic) bond motifs is 4. The zero-order valence-corrected chi connectivity index (χ0v) is 17.2. The Kier molecular flexibility index (Phi) is 4.24. The minimum atomic E-state index is 0.0566. The third-order valence-electron chi connectivity index (χ3n) is 5.84. The van der Waals surface area contributed by atoms with Gasteiger partial charge in [-0.1, -0.05) is 97.1 Å². The molecule has 1 aliphatic carbocycles. The lowest BCUT2D eigenvalue weighted by Crippen LogP contribution is -2.28. The lowest BCUT2D eigenvalue weighted by Gasteiger charge is -2.30. The highest BCUT2D eigenvalue weighted by Crippen LogP contribution is 2.50. The van der Waals surface area contributed by atoms with E-state index in [1.54, 1.807) is 0 Å². The van der Waals surface area contributed by atoms with Crippen molar-refractivity contribution in [1.82, 2.24) is 0 Å². The SMILES string of the molecule is C1=C[C@H]2Oc3ccc4ccccc4c3S[C@H]2C1=C(c1ccccc1)c1ccccc1.